The van der Waals surface area contributed by atoms with Crippen LogP contribution < -0.4 is 5.32 Å². The molecule has 0 aromatic carbocycles. The SMILES string of the molecule is CCC1(C)CSC(=NCC2CCSC2)N1. The van der Waals surface area contributed by atoms with E-state index in [0.29, 0.717) is 0 Å². The van der Waals surface area contributed by atoms with Crippen LogP contribution in [0, 0.1) is 5.92 Å². The van der Waals surface area contributed by atoms with Crippen molar-refractivity contribution in [2.75, 3.05) is 23.8 Å². The molecule has 2 nitrogen and oxygen atoms in total. The molecule has 0 amide bonds. The molecule has 2 unspecified atom stereocenters. The van der Waals surface area contributed by atoms with E-state index in [1.807, 2.05) is 11.8 Å². The van der Waals surface area contributed by atoms with Crippen LogP contribution in [0.15, 0.2) is 4.99 Å². The van der Waals surface area contributed by atoms with Crippen molar-refractivity contribution in [3.8, 4) is 0 Å². The van der Waals surface area contributed by atoms with Gasteiger partial charge in [-0.05, 0) is 37.2 Å². The summed E-state index contributed by atoms with van der Waals surface area (Å²) in [5, 5.41) is 4.72. The molecule has 0 spiro atoms. The van der Waals surface area contributed by atoms with E-state index in [9.17, 15) is 0 Å². The van der Waals surface area contributed by atoms with E-state index >= 15 is 0 Å². The largest absolute Gasteiger partial charge is 0.359 e. The highest BCUT2D eigenvalue weighted by molar-refractivity contribution is 8.14. The van der Waals surface area contributed by atoms with Crippen LogP contribution in [0.2, 0.25) is 0 Å². The normalized spacial score (nSPS) is 38.5. The molecule has 0 radical (unpaired) electrons. The highest BCUT2D eigenvalue weighted by Gasteiger charge is 2.30. The average Bonchev–Trinajstić information content (AvgIpc) is 2.85. The quantitative estimate of drug-likeness (QED) is 0.826. The molecule has 2 saturated heterocycles. The molecule has 4 heteroatoms. The van der Waals surface area contributed by atoms with Crippen LogP contribution in [0.4, 0.5) is 0 Å². The third kappa shape index (κ3) is 3.06. The third-order valence-electron chi connectivity index (χ3n) is 3.23. The summed E-state index contributed by atoms with van der Waals surface area (Å²) in [5.41, 5.74) is 0.286. The molecule has 0 bridgehead atoms. The van der Waals surface area contributed by atoms with E-state index < -0.39 is 0 Å². The lowest BCUT2D eigenvalue weighted by atomic mass is 10.0. The van der Waals surface area contributed by atoms with Gasteiger partial charge in [0.2, 0.25) is 0 Å². The van der Waals surface area contributed by atoms with Gasteiger partial charge >= 0.3 is 0 Å². The first-order valence-corrected chi connectivity index (χ1v) is 7.89. The van der Waals surface area contributed by atoms with Gasteiger partial charge in [-0.3, -0.25) is 4.99 Å². The Kier molecular flexibility index (Phi) is 3.88. The van der Waals surface area contributed by atoms with Gasteiger partial charge in [0.1, 0.15) is 0 Å². The zero-order chi connectivity index (χ0) is 10.7. The maximum Gasteiger partial charge on any atom is 0.157 e. The topological polar surface area (TPSA) is 24.4 Å². The molecule has 0 aromatic rings. The second-order valence-corrected chi connectivity index (χ2v) is 6.82. The summed E-state index contributed by atoms with van der Waals surface area (Å²) < 4.78 is 0. The van der Waals surface area contributed by atoms with Gasteiger partial charge in [-0.15, -0.1) is 0 Å². The van der Waals surface area contributed by atoms with Gasteiger partial charge in [0.15, 0.2) is 5.17 Å². The van der Waals surface area contributed by atoms with E-state index in [0.717, 1.165) is 12.5 Å². The highest BCUT2D eigenvalue weighted by Crippen LogP contribution is 2.27. The molecule has 1 N–H and O–H groups in total. The fourth-order valence-electron chi connectivity index (χ4n) is 1.77. The lowest BCUT2D eigenvalue weighted by Crippen LogP contribution is -2.39. The van der Waals surface area contributed by atoms with Gasteiger partial charge in [-0.2, -0.15) is 11.8 Å². The van der Waals surface area contributed by atoms with E-state index in [1.165, 1.54) is 35.3 Å². The molecular weight excluding hydrogens is 224 g/mol. The second kappa shape index (κ2) is 5.00. The summed E-state index contributed by atoms with van der Waals surface area (Å²) >= 11 is 3.96. The fraction of sp³-hybridized carbons (Fsp3) is 0.909. The predicted molar refractivity (Wildman–Crippen MR) is 72.0 cm³/mol. The summed E-state index contributed by atoms with van der Waals surface area (Å²) in [6.07, 6.45) is 2.54. The lowest BCUT2D eigenvalue weighted by Gasteiger charge is -2.20. The third-order valence-corrected chi connectivity index (χ3v) is 5.75. The molecule has 2 heterocycles. The molecule has 2 atom stereocenters. The number of nitrogens with zero attached hydrogens (tertiary/aromatic N) is 1. The van der Waals surface area contributed by atoms with Gasteiger partial charge in [-0.1, -0.05) is 18.7 Å². The number of rotatable bonds is 3. The fourth-order valence-corrected chi connectivity index (χ4v) is 4.26. The van der Waals surface area contributed by atoms with Crippen LogP contribution in [0.1, 0.15) is 26.7 Å². The Labute approximate surface area is 101 Å². The van der Waals surface area contributed by atoms with Gasteiger partial charge in [0.25, 0.3) is 0 Å². The van der Waals surface area contributed by atoms with Crippen molar-refractivity contribution in [1.29, 1.82) is 0 Å². The number of aliphatic imine (C=N–C) groups is 1. The maximum absolute atomic E-state index is 4.70. The Hall–Kier alpha value is 0.170. The van der Waals surface area contributed by atoms with Crippen LogP contribution in [-0.2, 0) is 0 Å². The maximum atomic E-state index is 4.70. The summed E-state index contributed by atoms with van der Waals surface area (Å²) in [7, 11) is 0. The van der Waals surface area contributed by atoms with E-state index in [1.54, 1.807) is 0 Å². The van der Waals surface area contributed by atoms with Crippen LogP contribution in [-0.4, -0.2) is 34.5 Å². The molecule has 0 saturated carbocycles. The van der Waals surface area contributed by atoms with Crippen molar-refractivity contribution in [2.24, 2.45) is 10.9 Å². The molecule has 2 aliphatic heterocycles. The second-order valence-electron chi connectivity index (χ2n) is 4.70. The molecule has 15 heavy (non-hydrogen) atoms. The number of hydrogen-bond acceptors (Lipinski definition) is 3. The van der Waals surface area contributed by atoms with Crippen molar-refractivity contribution in [1.82, 2.24) is 5.32 Å². The summed E-state index contributed by atoms with van der Waals surface area (Å²) in [6.45, 7) is 5.56. The molecule has 2 aliphatic rings. The summed E-state index contributed by atoms with van der Waals surface area (Å²) in [4.78, 5) is 4.70. The minimum atomic E-state index is 0.286. The standard InChI is InChI=1S/C11H20N2S2/c1-3-11(2)8-15-10(13-11)12-6-9-4-5-14-7-9/h9H,3-8H2,1-2H3,(H,12,13). The van der Waals surface area contributed by atoms with E-state index in [2.05, 4.69) is 30.9 Å². The Morgan fingerprint density at radius 3 is 3.07 bits per heavy atom. The summed E-state index contributed by atoms with van der Waals surface area (Å²) in [5.74, 6) is 4.65. The average molecular weight is 244 g/mol. The first-order chi connectivity index (χ1) is 7.22. The predicted octanol–water partition coefficient (Wildman–Crippen LogP) is 2.60. The Balaban J connectivity index is 1.82. The molecule has 2 rings (SSSR count). The van der Waals surface area contributed by atoms with Gasteiger partial charge in [0, 0.05) is 17.8 Å². The Morgan fingerprint density at radius 2 is 2.47 bits per heavy atom. The van der Waals surface area contributed by atoms with Gasteiger partial charge < -0.3 is 5.32 Å². The van der Waals surface area contributed by atoms with Crippen LogP contribution >= 0.6 is 23.5 Å². The zero-order valence-corrected chi connectivity index (χ0v) is 11.2. The number of thioether (sulfide) groups is 2. The van der Waals surface area contributed by atoms with E-state index in [4.69, 9.17) is 4.99 Å². The molecule has 2 fully saturated rings. The Morgan fingerprint density at radius 1 is 1.60 bits per heavy atom. The van der Waals surface area contributed by atoms with Gasteiger partial charge in [0.05, 0.1) is 0 Å². The van der Waals surface area contributed by atoms with Crippen LogP contribution in [0.25, 0.3) is 0 Å². The van der Waals surface area contributed by atoms with Crippen molar-refractivity contribution in [3.05, 3.63) is 0 Å². The minimum Gasteiger partial charge on any atom is -0.359 e. The molecule has 86 valence electrons. The molecule has 0 aliphatic carbocycles. The number of nitrogens with one attached hydrogen (secondary N) is 1. The molecule has 0 aromatic heterocycles. The van der Waals surface area contributed by atoms with Crippen LogP contribution in [0.3, 0.4) is 0 Å². The minimum absolute atomic E-state index is 0.286. The van der Waals surface area contributed by atoms with Crippen LogP contribution in [0.5, 0.6) is 0 Å². The lowest BCUT2D eigenvalue weighted by molar-refractivity contribution is 0.465. The van der Waals surface area contributed by atoms with Crippen molar-refractivity contribution >= 4 is 28.7 Å². The van der Waals surface area contributed by atoms with Gasteiger partial charge in [-0.25, -0.2) is 0 Å². The summed E-state index contributed by atoms with van der Waals surface area (Å²) in [6, 6.07) is 0. The highest BCUT2D eigenvalue weighted by atomic mass is 32.2. The number of hydrogen-bond donors (Lipinski definition) is 1. The van der Waals surface area contributed by atoms with E-state index in [-0.39, 0.29) is 5.54 Å². The zero-order valence-electron chi connectivity index (χ0n) is 9.58. The molecular formula is C11H20N2S2. The smallest absolute Gasteiger partial charge is 0.157 e. The van der Waals surface area contributed by atoms with Crippen molar-refractivity contribution in [2.45, 2.75) is 32.2 Å². The monoisotopic (exact) mass is 244 g/mol. The first kappa shape index (κ1) is 11.6. The van der Waals surface area contributed by atoms with Crippen molar-refractivity contribution in [3.63, 3.8) is 0 Å². The Bertz CT molecular complexity index is 249. The first-order valence-electron chi connectivity index (χ1n) is 5.75. The van der Waals surface area contributed by atoms with Crippen molar-refractivity contribution < 1.29 is 0 Å². The number of amidine groups is 1.